The van der Waals surface area contributed by atoms with Gasteiger partial charge in [-0.3, -0.25) is 4.79 Å². The van der Waals surface area contributed by atoms with Crippen LogP contribution in [0.2, 0.25) is 0 Å². The fourth-order valence-electron chi connectivity index (χ4n) is 4.32. The first-order valence-corrected chi connectivity index (χ1v) is 12.9. The first-order valence-electron chi connectivity index (χ1n) is 11.4. The van der Waals surface area contributed by atoms with Crippen LogP contribution in [0.15, 0.2) is 71.6 Å². The molecule has 0 bridgehead atoms. The van der Waals surface area contributed by atoms with E-state index in [9.17, 15) is 23.1 Å². The minimum atomic E-state index is -3.36. The van der Waals surface area contributed by atoms with Crippen LogP contribution < -0.4 is 5.32 Å². The fourth-order valence-corrected chi connectivity index (χ4v) is 5.97. The number of ether oxygens (including phenoxy) is 1. The third-order valence-electron chi connectivity index (χ3n) is 6.27. The van der Waals surface area contributed by atoms with Gasteiger partial charge in [0.05, 0.1) is 16.2 Å². The number of anilines is 1. The maximum Gasteiger partial charge on any atom is 0.354 e. The minimum Gasteiger partial charge on any atom is -0.477 e. The molecule has 1 unspecified atom stereocenters. The van der Waals surface area contributed by atoms with E-state index in [0.717, 1.165) is 0 Å². The van der Waals surface area contributed by atoms with Crippen LogP contribution >= 0.6 is 0 Å². The van der Waals surface area contributed by atoms with Crippen molar-refractivity contribution in [2.45, 2.75) is 48.0 Å². The summed E-state index contributed by atoms with van der Waals surface area (Å²) in [6.45, 7) is 0. The molecule has 0 radical (unpaired) electrons. The topological polar surface area (TPSA) is 123 Å². The number of amides is 1. The van der Waals surface area contributed by atoms with Crippen molar-refractivity contribution in [2.24, 2.45) is 0 Å². The highest BCUT2D eigenvalue weighted by Crippen LogP contribution is 2.35. The summed E-state index contributed by atoms with van der Waals surface area (Å²) in [5, 5.41) is 11.5. The van der Waals surface area contributed by atoms with Crippen LogP contribution in [0.5, 0.6) is 0 Å². The summed E-state index contributed by atoms with van der Waals surface area (Å²) < 4.78 is 31.4. The Morgan fingerprint density at radius 3 is 2.20 bits per heavy atom. The zero-order valence-electron chi connectivity index (χ0n) is 18.8. The predicted molar refractivity (Wildman–Crippen MR) is 128 cm³/mol. The number of pyridine rings is 1. The zero-order chi connectivity index (χ0) is 24.6. The van der Waals surface area contributed by atoms with E-state index in [1.54, 1.807) is 12.1 Å². The van der Waals surface area contributed by atoms with Crippen LogP contribution in [0.4, 0.5) is 5.82 Å². The molecule has 1 amide bonds. The molecule has 1 fully saturated rings. The fraction of sp³-hybridized carbons (Fsp3) is 0.269. The van der Waals surface area contributed by atoms with Crippen LogP contribution in [0, 0.1) is 0 Å². The second-order valence-electron chi connectivity index (χ2n) is 8.83. The van der Waals surface area contributed by atoms with Gasteiger partial charge in [0.2, 0.25) is 0 Å². The average molecular weight is 493 g/mol. The van der Waals surface area contributed by atoms with E-state index in [1.807, 2.05) is 24.3 Å². The molecule has 5 rings (SSSR count). The number of rotatable bonds is 8. The number of fused-ring (bicyclic) bond motifs is 1. The summed E-state index contributed by atoms with van der Waals surface area (Å²) in [5.74, 6) is -1.63. The van der Waals surface area contributed by atoms with E-state index < -0.39 is 27.8 Å². The Kier molecular flexibility index (Phi) is 6.12. The van der Waals surface area contributed by atoms with Crippen molar-refractivity contribution in [3.05, 3.63) is 89.1 Å². The average Bonchev–Trinajstić information content (AvgIpc) is 3.63. The lowest BCUT2D eigenvalue weighted by Gasteiger charge is -2.22. The van der Waals surface area contributed by atoms with E-state index in [4.69, 9.17) is 4.74 Å². The van der Waals surface area contributed by atoms with Gasteiger partial charge in [-0.2, -0.15) is 0 Å². The molecule has 0 spiro atoms. The number of nitrogens with zero attached hydrogens (tertiary/aromatic N) is 1. The molecular formula is C26H24N2O6S. The number of carboxylic acids is 1. The summed E-state index contributed by atoms with van der Waals surface area (Å²) in [6, 6.07) is 18.5. The molecule has 180 valence electrons. The van der Waals surface area contributed by atoms with Gasteiger partial charge in [-0.25, -0.2) is 18.2 Å². The van der Waals surface area contributed by atoms with Gasteiger partial charge in [-0.05, 0) is 66.6 Å². The molecule has 1 saturated carbocycles. The smallest absolute Gasteiger partial charge is 0.354 e. The van der Waals surface area contributed by atoms with Crippen LogP contribution in [0.25, 0.3) is 0 Å². The Balaban J connectivity index is 1.40. The number of carbonyl (C=O) groups is 2. The number of hydrogen-bond acceptors (Lipinski definition) is 6. The van der Waals surface area contributed by atoms with Crippen LogP contribution in [-0.4, -0.2) is 41.7 Å². The van der Waals surface area contributed by atoms with Crippen molar-refractivity contribution < 1.29 is 27.9 Å². The normalized spacial score (nSPS) is 16.5. The Bertz CT molecular complexity index is 1360. The lowest BCUT2D eigenvalue weighted by molar-refractivity contribution is -0.131. The molecule has 2 N–H and O–H groups in total. The third kappa shape index (κ3) is 4.96. The lowest BCUT2D eigenvalue weighted by Crippen LogP contribution is -2.28. The molecule has 2 aliphatic rings. The van der Waals surface area contributed by atoms with Gasteiger partial charge in [-0.1, -0.05) is 42.5 Å². The van der Waals surface area contributed by atoms with Gasteiger partial charge in [0.1, 0.15) is 5.82 Å². The van der Waals surface area contributed by atoms with Gasteiger partial charge in [0.15, 0.2) is 21.6 Å². The van der Waals surface area contributed by atoms with Crippen molar-refractivity contribution >= 4 is 27.5 Å². The van der Waals surface area contributed by atoms with Gasteiger partial charge < -0.3 is 15.2 Å². The molecule has 1 heterocycles. The molecular weight excluding hydrogens is 468 g/mol. The monoisotopic (exact) mass is 492 g/mol. The highest BCUT2D eigenvalue weighted by Gasteiger charge is 2.37. The summed E-state index contributed by atoms with van der Waals surface area (Å²) in [7, 11) is -3.36. The SMILES string of the molecule is O=C(O)c1cccc(NC(=O)C(OC2Cc3ccccc3C2)c2ccc(S(=O)(=O)C3CC3)cc2)n1. The molecule has 2 aliphatic carbocycles. The van der Waals surface area contributed by atoms with Crippen molar-refractivity contribution in [3.63, 3.8) is 0 Å². The van der Waals surface area contributed by atoms with E-state index in [0.29, 0.717) is 31.2 Å². The van der Waals surface area contributed by atoms with Crippen molar-refractivity contribution in [3.8, 4) is 0 Å². The lowest BCUT2D eigenvalue weighted by atomic mass is 10.1. The Morgan fingerprint density at radius 1 is 0.943 bits per heavy atom. The van der Waals surface area contributed by atoms with Crippen LogP contribution in [0.1, 0.15) is 46.1 Å². The van der Waals surface area contributed by atoms with Gasteiger partial charge >= 0.3 is 5.97 Å². The number of carboxylic acid groups (broad SMARTS) is 1. The first kappa shape index (κ1) is 23.2. The number of aromatic carboxylic acids is 1. The zero-order valence-corrected chi connectivity index (χ0v) is 19.6. The number of carbonyl (C=O) groups excluding carboxylic acids is 1. The highest BCUT2D eigenvalue weighted by atomic mass is 32.2. The van der Waals surface area contributed by atoms with Gasteiger partial charge in [0.25, 0.3) is 5.91 Å². The third-order valence-corrected chi connectivity index (χ3v) is 8.55. The maximum atomic E-state index is 13.3. The molecule has 1 atom stereocenters. The summed E-state index contributed by atoms with van der Waals surface area (Å²) in [5.41, 5.74) is 2.64. The van der Waals surface area contributed by atoms with Crippen LogP contribution in [-0.2, 0) is 32.2 Å². The highest BCUT2D eigenvalue weighted by molar-refractivity contribution is 7.92. The molecule has 35 heavy (non-hydrogen) atoms. The Hall–Kier alpha value is -3.56. The summed E-state index contributed by atoms with van der Waals surface area (Å²) in [6.07, 6.45) is 1.37. The standard InChI is InChI=1S/C26H24N2O6S/c29-25(28-23-7-3-6-22(27-23)26(30)31)24(34-19-14-17-4-1-2-5-18(17)15-19)16-8-10-20(11-9-16)35(32,33)21-12-13-21/h1-11,19,21,24H,12-15H2,(H,30,31)(H,27,28,29). The largest absolute Gasteiger partial charge is 0.477 e. The van der Waals surface area contributed by atoms with Gasteiger partial charge in [-0.15, -0.1) is 0 Å². The van der Waals surface area contributed by atoms with Crippen molar-refractivity contribution in [2.75, 3.05) is 5.32 Å². The van der Waals surface area contributed by atoms with Crippen molar-refractivity contribution in [1.82, 2.24) is 4.98 Å². The first-order chi connectivity index (χ1) is 16.8. The molecule has 0 saturated heterocycles. The summed E-state index contributed by atoms with van der Waals surface area (Å²) >= 11 is 0. The second-order valence-corrected chi connectivity index (χ2v) is 11.1. The van der Waals surface area contributed by atoms with Gasteiger partial charge in [0, 0.05) is 0 Å². The van der Waals surface area contributed by atoms with E-state index in [2.05, 4.69) is 10.3 Å². The molecule has 9 heteroatoms. The minimum absolute atomic E-state index is 0.0890. The molecule has 8 nitrogen and oxygen atoms in total. The number of benzene rings is 2. The molecule has 1 aromatic heterocycles. The molecule has 0 aliphatic heterocycles. The Morgan fingerprint density at radius 2 is 1.60 bits per heavy atom. The molecule has 2 aromatic carbocycles. The maximum absolute atomic E-state index is 13.3. The van der Waals surface area contributed by atoms with Crippen LogP contribution in [0.3, 0.4) is 0 Å². The molecule has 3 aromatic rings. The van der Waals surface area contributed by atoms with E-state index >= 15 is 0 Å². The summed E-state index contributed by atoms with van der Waals surface area (Å²) in [4.78, 5) is 28.7. The van der Waals surface area contributed by atoms with E-state index in [-0.39, 0.29) is 27.8 Å². The van der Waals surface area contributed by atoms with Crippen molar-refractivity contribution in [1.29, 1.82) is 0 Å². The Labute approximate surface area is 202 Å². The number of sulfone groups is 1. The number of hydrogen-bond donors (Lipinski definition) is 2. The predicted octanol–water partition coefficient (Wildman–Crippen LogP) is 3.58. The number of nitrogens with one attached hydrogen (secondary N) is 1. The second kappa shape index (κ2) is 9.24. The van der Waals surface area contributed by atoms with E-state index in [1.165, 1.54) is 41.5 Å². The quantitative estimate of drug-likeness (QED) is 0.493. The number of aromatic nitrogens is 1.